The van der Waals surface area contributed by atoms with Gasteiger partial charge >= 0.3 is 6.03 Å². The summed E-state index contributed by atoms with van der Waals surface area (Å²) in [6, 6.07) is 7.83. The van der Waals surface area contributed by atoms with E-state index in [0.29, 0.717) is 18.6 Å². The number of anilines is 1. The van der Waals surface area contributed by atoms with Crippen LogP contribution in [0.5, 0.6) is 0 Å². The number of piperidine rings is 1. The number of likely N-dealkylation sites (tertiary alicyclic amines) is 1. The summed E-state index contributed by atoms with van der Waals surface area (Å²) >= 11 is 0. The van der Waals surface area contributed by atoms with E-state index in [1.54, 1.807) is 0 Å². The highest BCUT2D eigenvalue weighted by Crippen LogP contribution is 2.32. The van der Waals surface area contributed by atoms with E-state index < -0.39 is 0 Å². The van der Waals surface area contributed by atoms with Crippen LogP contribution in [0.4, 0.5) is 10.5 Å². The minimum absolute atomic E-state index is 0.121. The number of nitrogens with zero attached hydrogens (tertiary/aromatic N) is 1. The zero-order chi connectivity index (χ0) is 20.1. The third-order valence-corrected chi connectivity index (χ3v) is 6.29. The number of hydrogen-bond donors (Lipinski definition) is 2. The number of ether oxygens (including phenoxy) is 1. The molecule has 0 radical (unpaired) electrons. The van der Waals surface area contributed by atoms with Gasteiger partial charge in [0.25, 0.3) is 0 Å². The van der Waals surface area contributed by atoms with Crippen LogP contribution in [0.25, 0.3) is 0 Å². The van der Waals surface area contributed by atoms with Crippen LogP contribution in [0, 0.1) is 5.92 Å². The molecule has 6 heteroatoms. The third kappa shape index (κ3) is 5.95. The smallest absolute Gasteiger partial charge is 0.319 e. The van der Waals surface area contributed by atoms with Crippen molar-refractivity contribution >= 4 is 17.6 Å². The van der Waals surface area contributed by atoms with Crippen LogP contribution in [0.2, 0.25) is 0 Å². The number of carbonyl (C=O) groups is 2. The lowest BCUT2D eigenvalue weighted by Crippen LogP contribution is -2.47. The number of rotatable bonds is 6. The second kappa shape index (κ2) is 9.61. The van der Waals surface area contributed by atoms with Crippen LogP contribution in [0.3, 0.4) is 0 Å². The second-order valence-electron chi connectivity index (χ2n) is 8.74. The Morgan fingerprint density at radius 2 is 1.76 bits per heavy atom. The number of carbonyl (C=O) groups excluding carboxylic acids is 2. The normalized spacial score (nSPS) is 21.0. The molecule has 6 nitrogen and oxygen atoms in total. The monoisotopic (exact) mass is 399 g/mol. The van der Waals surface area contributed by atoms with Crippen molar-refractivity contribution in [2.24, 2.45) is 5.92 Å². The number of amides is 3. The maximum Gasteiger partial charge on any atom is 0.319 e. The molecule has 0 bridgehead atoms. The highest BCUT2D eigenvalue weighted by atomic mass is 16.5. The van der Waals surface area contributed by atoms with Gasteiger partial charge in [-0.05, 0) is 56.2 Å². The standard InChI is InChI=1S/C23H33N3O3/c27-22(18-9-10-18)26-13-11-19(12-14-26)24-23(28)25-20-6-4-5-17(15-20)16-29-21-7-2-1-3-8-21/h4-6,15,18-19,21H,1-3,7-14,16H2,(H2,24,25,28). The Morgan fingerprint density at radius 3 is 2.48 bits per heavy atom. The van der Waals surface area contributed by atoms with Crippen LogP contribution in [-0.4, -0.2) is 42.1 Å². The van der Waals surface area contributed by atoms with Gasteiger partial charge in [-0.3, -0.25) is 4.79 Å². The van der Waals surface area contributed by atoms with Crippen LogP contribution >= 0.6 is 0 Å². The quantitative estimate of drug-likeness (QED) is 0.758. The Kier molecular flexibility index (Phi) is 6.70. The first-order valence-electron chi connectivity index (χ1n) is 11.2. The summed E-state index contributed by atoms with van der Waals surface area (Å²) in [6.07, 6.45) is 10.3. The topological polar surface area (TPSA) is 70.7 Å². The van der Waals surface area contributed by atoms with Gasteiger partial charge in [-0.15, -0.1) is 0 Å². The van der Waals surface area contributed by atoms with Gasteiger partial charge in [-0.25, -0.2) is 4.79 Å². The SMILES string of the molecule is O=C(Nc1cccc(COC2CCCCC2)c1)NC1CCN(C(=O)C2CC2)CC1. The molecule has 1 saturated heterocycles. The van der Waals surface area contributed by atoms with E-state index in [2.05, 4.69) is 10.6 Å². The van der Waals surface area contributed by atoms with Gasteiger partial charge in [0.15, 0.2) is 0 Å². The van der Waals surface area contributed by atoms with Crippen molar-refractivity contribution in [3.63, 3.8) is 0 Å². The first kappa shape index (κ1) is 20.2. The fraction of sp³-hybridized carbons (Fsp3) is 0.652. The maximum absolute atomic E-state index is 12.4. The van der Waals surface area contributed by atoms with Crippen molar-refractivity contribution in [1.29, 1.82) is 0 Å². The summed E-state index contributed by atoms with van der Waals surface area (Å²) in [5.74, 6) is 0.581. The van der Waals surface area contributed by atoms with E-state index in [0.717, 1.165) is 62.9 Å². The van der Waals surface area contributed by atoms with E-state index >= 15 is 0 Å². The van der Waals surface area contributed by atoms with Crippen LogP contribution < -0.4 is 10.6 Å². The summed E-state index contributed by atoms with van der Waals surface area (Å²) in [5, 5.41) is 6.00. The van der Waals surface area contributed by atoms with Crippen molar-refractivity contribution in [3.8, 4) is 0 Å². The molecular weight excluding hydrogens is 366 g/mol. The summed E-state index contributed by atoms with van der Waals surface area (Å²) in [6.45, 7) is 2.08. The maximum atomic E-state index is 12.4. The van der Waals surface area contributed by atoms with Gasteiger partial charge in [0.2, 0.25) is 5.91 Å². The molecule has 2 N–H and O–H groups in total. The molecule has 3 amide bonds. The molecule has 4 rings (SSSR count). The third-order valence-electron chi connectivity index (χ3n) is 6.29. The van der Waals surface area contributed by atoms with Gasteiger partial charge in [-0.1, -0.05) is 31.4 Å². The summed E-state index contributed by atoms with van der Waals surface area (Å²) in [7, 11) is 0. The molecule has 1 heterocycles. The molecule has 2 saturated carbocycles. The predicted molar refractivity (Wildman–Crippen MR) is 113 cm³/mol. The molecule has 3 aliphatic rings. The zero-order valence-electron chi connectivity index (χ0n) is 17.2. The minimum Gasteiger partial charge on any atom is -0.374 e. The summed E-state index contributed by atoms with van der Waals surface area (Å²) < 4.78 is 6.04. The van der Waals surface area contributed by atoms with Gasteiger partial charge in [0, 0.05) is 30.7 Å². The van der Waals surface area contributed by atoms with Gasteiger partial charge < -0.3 is 20.3 Å². The van der Waals surface area contributed by atoms with Gasteiger partial charge in [-0.2, -0.15) is 0 Å². The number of benzene rings is 1. The molecule has 1 aromatic carbocycles. The van der Waals surface area contributed by atoms with Crippen molar-refractivity contribution in [2.75, 3.05) is 18.4 Å². The highest BCUT2D eigenvalue weighted by molar-refractivity contribution is 5.89. The Labute approximate surface area is 173 Å². The van der Waals surface area contributed by atoms with E-state index in [-0.39, 0.29) is 18.0 Å². The molecule has 1 aliphatic heterocycles. The molecule has 0 spiro atoms. The molecule has 0 aromatic heterocycles. The molecule has 0 unspecified atom stereocenters. The van der Waals surface area contributed by atoms with Crippen molar-refractivity contribution in [1.82, 2.24) is 10.2 Å². The number of nitrogens with one attached hydrogen (secondary N) is 2. The fourth-order valence-corrected chi connectivity index (χ4v) is 4.37. The second-order valence-corrected chi connectivity index (χ2v) is 8.74. The highest BCUT2D eigenvalue weighted by Gasteiger charge is 2.35. The van der Waals surface area contributed by atoms with Crippen LogP contribution in [0.1, 0.15) is 63.4 Å². The lowest BCUT2D eigenvalue weighted by Gasteiger charge is -2.32. The molecule has 3 fully saturated rings. The Balaban J connectivity index is 1.20. The van der Waals surface area contributed by atoms with E-state index in [9.17, 15) is 9.59 Å². The van der Waals surface area contributed by atoms with Gasteiger partial charge in [0.05, 0.1) is 12.7 Å². The lowest BCUT2D eigenvalue weighted by molar-refractivity contribution is -0.133. The van der Waals surface area contributed by atoms with E-state index in [1.165, 1.54) is 19.3 Å². The summed E-state index contributed by atoms with van der Waals surface area (Å²) in [5.41, 5.74) is 1.87. The Hall–Kier alpha value is -2.08. The Morgan fingerprint density at radius 1 is 1.00 bits per heavy atom. The van der Waals surface area contributed by atoms with Crippen molar-refractivity contribution in [3.05, 3.63) is 29.8 Å². The van der Waals surface area contributed by atoms with Crippen LogP contribution in [0.15, 0.2) is 24.3 Å². The van der Waals surface area contributed by atoms with Crippen molar-refractivity contribution < 1.29 is 14.3 Å². The number of hydrogen-bond acceptors (Lipinski definition) is 3. The predicted octanol–water partition coefficient (Wildman–Crippen LogP) is 4.06. The molecule has 29 heavy (non-hydrogen) atoms. The Bertz CT molecular complexity index is 705. The first-order valence-corrected chi connectivity index (χ1v) is 11.2. The zero-order valence-corrected chi connectivity index (χ0v) is 17.2. The molecule has 2 aliphatic carbocycles. The number of urea groups is 1. The van der Waals surface area contributed by atoms with E-state index in [4.69, 9.17) is 4.74 Å². The van der Waals surface area contributed by atoms with Crippen molar-refractivity contribution in [2.45, 2.75) is 76.5 Å². The van der Waals surface area contributed by atoms with Crippen LogP contribution in [-0.2, 0) is 16.1 Å². The fourth-order valence-electron chi connectivity index (χ4n) is 4.37. The average molecular weight is 400 g/mol. The lowest BCUT2D eigenvalue weighted by atomic mass is 9.98. The molecular formula is C23H33N3O3. The largest absolute Gasteiger partial charge is 0.374 e. The molecule has 1 aromatic rings. The minimum atomic E-state index is -0.178. The summed E-state index contributed by atoms with van der Waals surface area (Å²) in [4.78, 5) is 26.5. The van der Waals surface area contributed by atoms with E-state index in [1.807, 2.05) is 29.2 Å². The molecule has 158 valence electrons. The average Bonchev–Trinajstić information content (AvgIpc) is 3.59. The molecule has 0 atom stereocenters. The first-order chi connectivity index (χ1) is 14.2. The van der Waals surface area contributed by atoms with Gasteiger partial charge in [0.1, 0.15) is 0 Å².